The first-order chi connectivity index (χ1) is 8.11. The van der Waals surface area contributed by atoms with Gasteiger partial charge in [-0.3, -0.25) is 0 Å². The van der Waals surface area contributed by atoms with Crippen molar-refractivity contribution in [1.82, 2.24) is 10.1 Å². The van der Waals surface area contributed by atoms with Crippen LogP contribution in [-0.2, 0) is 0 Å². The van der Waals surface area contributed by atoms with Crippen molar-refractivity contribution in [1.29, 1.82) is 0 Å². The Balaban J connectivity index is 2.37. The Morgan fingerprint density at radius 1 is 1.47 bits per heavy atom. The first-order valence-electron chi connectivity index (χ1n) is 5.22. The molecule has 0 aliphatic carbocycles. The fourth-order valence-electron chi connectivity index (χ4n) is 1.33. The van der Waals surface area contributed by atoms with Gasteiger partial charge < -0.3 is 15.2 Å². The number of aromatic nitrogens is 2. The highest BCUT2D eigenvalue weighted by Crippen LogP contribution is 2.24. The Kier molecular flexibility index (Phi) is 2.95. The van der Waals surface area contributed by atoms with Crippen LogP contribution in [0, 0.1) is 5.82 Å². The molecule has 0 atom stereocenters. The summed E-state index contributed by atoms with van der Waals surface area (Å²) in [4.78, 5) is 5.90. The van der Waals surface area contributed by atoms with Crippen LogP contribution >= 0.6 is 0 Å². The molecule has 0 saturated heterocycles. The molecule has 2 rings (SSSR count). The molecule has 0 fully saturated rings. The minimum absolute atomic E-state index is 0.151. The number of anilines is 2. The van der Waals surface area contributed by atoms with Crippen molar-refractivity contribution >= 4 is 11.6 Å². The lowest BCUT2D eigenvalue weighted by atomic mass is 10.2. The minimum atomic E-state index is -0.473. The molecule has 6 heteroatoms. The van der Waals surface area contributed by atoms with Crippen LogP contribution in [-0.4, -0.2) is 23.7 Å². The van der Waals surface area contributed by atoms with Gasteiger partial charge in [-0.1, -0.05) is 0 Å². The van der Waals surface area contributed by atoms with Gasteiger partial charge in [0.15, 0.2) is 0 Å². The number of nitrogen functional groups attached to an aromatic ring is 1. The third kappa shape index (κ3) is 2.20. The van der Waals surface area contributed by atoms with Gasteiger partial charge in [-0.05, 0) is 30.3 Å². The van der Waals surface area contributed by atoms with Crippen LogP contribution in [0.5, 0.6) is 0 Å². The second-order valence-corrected chi connectivity index (χ2v) is 3.65. The number of hydrogen-bond acceptors (Lipinski definition) is 5. The molecule has 0 saturated carbocycles. The van der Waals surface area contributed by atoms with Gasteiger partial charge in [0.05, 0.1) is 5.56 Å². The van der Waals surface area contributed by atoms with Gasteiger partial charge in [0.2, 0.25) is 0 Å². The van der Waals surface area contributed by atoms with E-state index in [0.29, 0.717) is 11.6 Å². The van der Waals surface area contributed by atoms with Gasteiger partial charge in [-0.25, -0.2) is 4.39 Å². The fraction of sp³-hybridized carbons (Fsp3) is 0.273. The molecule has 0 amide bonds. The molecule has 5 nitrogen and oxygen atoms in total. The smallest absolute Gasteiger partial charge is 0.266 e. The van der Waals surface area contributed by atoms with Crippen LogP contribution in [0.1, 0.15) is 6.92 Å². The average molecular weight is 236 g/mol. The maximum Gasteiger partial charge on any atom is 0.266 e. The van der Waals surface area contributed by atoms with E-state index in [1.54, 1.807) is 11.0 Å². The molecule has 2 N–H and O–H groups in total. The largest absolute Gasteiger partial charge is 0.399 e. The third-order valence-corrected chi connectivity index (χ3v) is 2.45. The summed E-state index contributed by atoms with van der Waals surface area (Å²) in [6.07, 6.45) is 0. The van der Waals surface area contributed by atoms with E-state index in [1.807, 2.05) is 14.0 Å². The Morgan fingerprint density at radius 2 is 2.24 bits per heavy atom. The first-order valence-corrected chi connectivity index (χ1v) is 5.22. The van der Waals surface area contributed by atoms with Gasteiger partial charge in [-0.2, -0.15) is 4.98 Å². The highest BCUT2D eigenvalue weighted by Gasteiger charge is 2.14. The lowest BCUT2D eigenvalue weighted by Gasteiger charge is -2.08. The summed E-state index contributed by atoms with van der Waals surface area (Å²) in [6.45, 7) is 2.70. The number of rotatable bonds is 3. The molecule has 0 spiro atoms. The Bertz CT molecular complexity index is 526. The number of nitrogens with two attached hydrogens (primary N) is 1. The molecule has 1 heterocycles. The number of benzene rings is 1. The Morgan fingerprint density at radius 3 is 2.88 bits per heavy atom. The van der Waals surface area contributed by atoms with Crippen LogP contribution in [0.4, 0.5) is 16.0 Å². The predicted octanol–water partition coefficient (Wildman–Crippen LogP) is 1.91. The van der Waals surface area contributed by atoms with E-state index in [2.05, 4.69) is 10.1 Å². The standard InChI is InChI=1S/C11H13FN4O/c1-3-16(2)11-14-10(17-15-11)8-5-4-7(13)6-9(8)12/h4-6H,3,13H2,1-2H3. The van der Waals surface area contributed by atoms with E-state index in [1.165, 1.54) is 12.1 Å². The van der Waals surface area contributed by atoms with Crippen molar-refractivity contribution in [2.75, 3.05) is 24.2 Å². The molecule has 17 heavy (non-hydrogen) atoms. The van der Waals surface area contributed by atoms with Crippen molar-refractivity contribution in [2.24, 2.45) is 0 Å². The van der Waals surface area contributed by atoms with Crippen LogP contribution in [0.15, 0.2) is 22.7 Å². The summed E-state index contributed by atoms with van der Waals surface area (Å²) in [7, 11) is 1.83. The molecule has 0 aliphatic rings. The highest BCUT2D eigenvalue weighted by atomic mass is 19.1. The average Bonchev–Trinajstić information content (AvgIpc) is 2.77. The van der Waals surface area contributed by atoms with Gasteiger partial charge in [-0.15, -0.1) is 0 Å². The van der Waals surface area contributed by atoms with Gasteiger partial charge in [0.1, 0.15) is 5.82 Å². The van der Waals surface area contributed by atoms with Crippen LogP contribution in [0.3, 0.4) is 0 Å². The normalized spacial score (nSPS) is 10.5. The zero-order valence-corrected chi connectivity index (χ0v) is 9.64. The van der Waals surface area contributed by atoms with E-state index in [-0.39, 0.29) is 11.5 Å². The number of halogens is 1. The molecule has 1 aromatic carbocycles. The maximum absolute atomic E-state index is 13.6. The third-order valence-electron chi connectivity index (χ3n) is 2.45. The second-order valence-electron chi connectivity index (χ2n) is 3.65. The minimum Gasteiger partial charge on any atom is -0.399 e. The first kappa shape index (κ1) is 11.4. The van der Waals surface area contributed by atoms with E-state index in [9.17, 15) is 4.39 Å². The zero-order valence-electron chi connectivity index (χ0n) is 9.64. The SMILES string of the molecule is CCN(C)c1noc(-c2ccc(N)cc2F)n1. The van der Waals surface area contributed by atoms with Crippen molar-refractivity contribution < 1.29 is 8.91 Å². The van der Waals surface area contributed by atoms with Gasteiger partial charge in [0, 0.05) is 19.3 Å². The summed E-state index contributed by atoms with van der Waals surface area (Å²) < 4.78 is 18.6. The van der Waals surface area contributed by atoms with E-state index in [0.717, 1.165) is 6.54 Å². The second kappa shape index (κ2) is 4.40. The summed E-state index contributed by atoms with van der Waals surface area (Å²) in [6, 6.07) is 4.34. The van der Waals surface area contributed by atoms with Crippen molar-refractivity contribution in [3.63, 3.8) is 0 Å². The van der Waals surface area contributed by atoms with Crippen LogP contribution in [0.2, 0.25) is 0 Å². The van der Waals surface area contributed by atoms with Gasteiger partial charge >= 0.3 is 0 Å². The monoisotopic (exact) mass is 236 g/mol. The number of hydrogen-bond donors (Lipinski definition) is 1. The fourth-order valence-corrected chi connectivity index (χ4v) is 1.33. The topological polar surface area (TPSA) is 68.2 Å². The predicted molar refractivity (Wildman–Crippen MR) is 63.0 cm³/mol. The summed E-state index contributed by atoms with van der Waals surface area (Å²) >= 11 is 0. The van der Waals surface area contributed by atoms with Crippen LogP contribution in [0.25, 0.3) is 11.5 Å². The molecule has 0 unspecified atom stereocenters. The van der Waals surface area contributed by atoms with Crippen molar-refractivity contribution in [3.8, 4) is 11.5 Å². The molecule has 0 aliphatic heterocycles. The molecule has 0 radical (unpaired) electrons. The summed E-state index contributed by atoms with van der Waals surface area (Å²) in [5.74, 6) is 0.107. The highest BCUT2D eigenvalue weighted by molar-refractivity contribution is 5.59. The van der Waals surface area contributed by atoms with E-state index in [4.69, 9.17) is 10.3 Å². The Labute approximate surface area is 98.0 Å². The zero-order chi connectivity index (χ0) is 12.4. The molecular weight excluding hydrogens is 223 g/mol. The van der Waals surface area contributed by atoms with Gasteiger partial charge in [0.25, 0.3) is 11.8 Å². The molecule has 1 aromatic heterocycles. The lowest BCUT2D eigenvalue weighted by molar-refractivity contribution is 0.427. The summed E-state index contributed by atoms with van der Waals surface area (Å²) in [5.41, 5.74) is 6.08. The molecule has 90 valence electrons. The van der Waals surface area contributed by atoms with Crippen molar-refractivity contribution in [2.45, 2.75) is 6.92 Å². The maximum atomic E-state index is 13.6. The van der Waals surface area contributed by atoms with E-state index >= 15 is 0 Å². The van der Waals surface area contributed by atoms with Crippen molar-refractivity contribution in [3.05, 3.63) is 24.0 Å². The molecule has 0 bridgehead atoms. The lowest BCUT2D eigenvalue weighted by Crippen LogP contribution is -2.16. The van der Waals surface area contributed by atoms with Crippen LogP contribution < -0.4 is 10.6 Å². The quantitative estimate of drug-likeness (QED) is 0.824. The van der Waals surface area contributed by atoms with E-state index < -0.39 is 5.82 Å². The molecule has 2 aromatic rings. The number of nitrogens with zero attached hydrogens (tertiary/aromatic N) is 3. The Hall–Kier alpha value is -2.11. The molecular formula is C11H13FN4O. The summed E-state index contributed by atoms with van der Waals surface area (Å²) in [5, 5.41) is 3.77.